The van der Waals surface area contributed by atoms with Crippen molar-refractivity contribution in [3.05, 3.63) is 80.9 Å². The number of ether oxygens (including phenoxy) is 2. The van der Waals surface area contributed by atoms with Gasteiger partial charge in [-0.2, -0.15) is 15.0 Å². The summed E-state index contributed by atoms with van der Waals surface area (Å²) in [5, 5.41) is 4.36. The third-order valence-electron chi connectivity index (χ3n) is 6.18. The van der Waals surface area contributed by atoms with Crippen LogP contribution in [0.1, 0.15) is 29.9 Å². The van der Waals surface area contributed by atoms with E-state index in [1.54, 1.807) is 25.1 Å². The highest BCUT2D eigenvalue weighted by atomic mass is 35.5. The number of carbonyl (C=O) groups is 1. The van der Waals surface area contributed by atoms with Gasteiger partial charge in [0.15, 0.2) is 0 Å². The van der Waals surface area contributed by atoms with E-state index in [0.29, 0.717) is 34.1 Å². The van der Waals surface area contributed by atoms with Crippen LogP contribution in [0.15, 0.2) is 53.3 Å². The monoisotopic (exact) mass is 520 g/mol. The van der Waals surface area contributed by atoms with Gasteiger partial charge in [-0.15, -0.1) is 0 Å². The quantitative estimate of drug-likeness (QED) is 0.367. The molecule has 4 aromatic rings. The van der Waals surface area contributed by atoms with Crippen LogP contribution in [0.5, 0.6) is 5.75 Å². The molecule has 0 aliphatic carbocycles. The van der Waals surface area contributed by atoms with Crippen LogP contribution < -0.4 is 20.5 Å². The maximum Gasteiger partial charge on any atom is 0.417 e. The predicted octanol–water partition coefficient (Wildman–Crippen LogP) is 4.42. The average molecular weight is 521 g/mol. The Balaban J connectivity index is 1.42. The molecule has 1 amide bonds. The Kier molecular flexibility index (Phi) is 6.66. The summed E-state index contributed by atoms with van der Waals surface area (Å²) in [6, 6.07) is 14.3. The second kappa shape index (κ2) is 10.1. The summed E-state index contributed by atoms with van der Waals surface area (Å²) in [7, 11) is 1.52. The van der Waals surface area contributed by atoms with Crippen LogP contribution in [0.2, 0.25) is 5.02 Å². The molecule has 10 nitrogen and oxygen atoms in total. The summed E-state index contributed by atoms with van der Waals surface area (Å²) in [6.45, 7) is 3.77. The summed E-state index contributed by atoms with van der Waals surface area (Å²) in [6.07, 6.45) is 0.0832. The number of aromatic nitrogens is 4. The van der Waals surface area contributed by atoms with Gasteiger partial charge in [-0.25, -0.2) is 9.69 Å². The Labute approximate surface area is 217 Å². The molecule has 3 heterocycles. The van der Waals surface area contributed by atoms with Crippen molar-refractivity contribution in [2.75, 3.05) is 23.9 Å². The number of hydrogen-bond donors (Lipinski definition) is 2. The van der Waals surface area contributed by atoms with Crippen molar-refractivity contribution in [1.82, 2.24) is 19.9 Å². The van der Waals surface area contributed by atoms with Gasteiger partial charge in [0.25, 0.3) is 5.56 Å². The molecule has 0 bridgehead atoms. The van der Waals surface area contributed by atoms with Gasteiger partial charge in [-0.05, 0) is 38.0 Å². The lowest BCUT2D eigenvalue weighted by Gasteiger charge is -2.21. The van der Waals surface area contributed by atoms with Gasteiger partial charge < -0.3 is 19.8 Å². The molecule has 5 rings (SSSR count). The SMILES string of the molecule is COc1cc2[nH]c(=O)c([C@H](C)Nc3nc(C)nc(N4C(=O)OC[C@@H]4Cc4ccccc4)n3)cc2cc1Cl. The molecule has 2 aromatic carbocycles. The van der Waals surface area contributed by atoms with Crippen molar-refractivity contribution in [2.24, 2.45) is 0 Å². The highest BCUT2D eigenvalue weighted by molar-refractivity contribution is 6.32. The van der Waals surface area contributed by atoms with Crippen molar-refractivity contribution in [3.8, 4) is 5.75 Å². The van der Waals surface area contributed by atoms with E-state index in [2.05, 4.69) is 25.3 Å². The Morgan fingerprint density at radius 2 is 1.97 bits per heavy atom. The number of methoxy groups -OCH3 is 1. The van der Waals surface area contributed by atoms with Crippen molar-refractivity contribution in [2.45, 2.75) is 32.4 Å². The van der Waals surface area contributed by atoms with Gasteiger partial charge in [-0.1, -0.05) is 41.9 Å². The molecule has 190 valence electrons. The minimum Gasteiger partial charge on any atom is -0.495 e. The maximum absolute atomic E-state index is 12.9. The van der Waals surface area contributed by atoms with E-state index in [1.165, 1.54) is 12.0 Å². The molecule has 1 fully saturated rings. The number of nitrogens with zero attached hydrogens (tertiary/aromatic N) is 4. The molecule has 1 aliphatic rings. The van der Waals surface area contributed by atoms with Crippen molar-refractivity contribution in [1.29, 1.82) is 0 Å². The predicted molar refractivity (Wildman–Crippen MR) is 140 cm³/mol. The standard InChI is InChI=1S/C26H25ClN6O4/c1-14(19-10-17-11-20(27)22(36-3)12-21(17)31-23(19)34)28-24-29-15(2)30-25(32-24)33-18(13-37-26(33)35)9-16-7-5-4-6-8-16/h4-8,10-12,14,18H,9,13H2,1-3H3,(H,31,34)(H,28,29,30,32)/t14-,18-/m0/s1. The summed E-state index contributed by atoms with van der Waals surface area (Å²) >= 11 is 6.27. The molecule has 0 saturated carbocycles. The first-order valence-corrected chi connectivity index (χ1v) is 12.1. The van der Waals surface area contributed by atoms with Crippen LogP contribution >= 0.6 is 11.6 Å². The maximum atomic E-state index is 12.9. The van der Waals surface area contributed by atoms with Crippen molar-refractivity contribution < 1.29 is 14.3 Å². The molecule has 2 N–H and O–H groups in total. The first kappa shape index (κ1) is 24.5. The van der Waals surface area contributed by atoms with E-state index in [-0.39, 0.29) is 30.1 Å². The molecule has 1 aliphatic heterocycles. The van der Waals surface area contributed by atoms with E-state index >= 15 is 0 Å². The average Bonchev–Trinajstić information content (AvgIpc) is 3.23. The molecule has 0 radical (unpaired) electrons. The second-order valence-corrected chi connectivity index (χ2v) is 9.20. The normalized spacial score (nSPS) is 16.1. The molecular formula is C26H25ClN6O4. The van der Waals surface area contributed by atoms with E-state index in [0.717, 1.165) is 10.9 Å². The minimum absolute atomic E-state index is 0.192. The summed E-state index contributed by atoms with van der Waals surface area (Å²) < 4.78 is 10.6. The fraction of sp³-hybridized carbons (Fsp3) is 0.269. The zero-order valence-electron chi connectivity index (χ0n) is 20.5. The number of carbonyl (C=O) groups excluding carboxylic acids is 1. The number of hydrogen-bond acceptors (Lipinski definition) is 8. The van der Waals surface area contributed by atoms with Crippen LogP contribution in [-0.2, 0) is 11.2 Å². The Morgan fingerprint density at radius 1 is 1.19 bits per heavy atom. The Morgan fingerprint density at radius 3 is 2.73 bits per heavy atom. The lowest BCUT2D eigenvalue weighted by atomic mass is 10.1. The summed E-state index contributed by atoms with van der Waals surface area (Å²) in [4.78, 5) is 43.0. The number of halogens is 1. The van der Waals surface area contributed by atoms with Crippen molar-refractivity contribution >= 4 is 40.5 Å². The molecule has 2 atom stereocenters. The van der Waals surface area contributed by atoms with E-state index in [9.17, 15) is 9.59 Å². The molecule has 0 unspecified atom stereocenters. The number of benzene rings is 2. The van der Waals surface area contributed by atoms with E-state index in [1.807, 2.05) is 37.3 Å². The van der Waals surface area contributed by atoms with Gasteiger partial charge in [0.1, 0.15) is 18.2 Å². The number of H-pyrrole nitrogens is 1. The number of fused-ring (bicyclic) bond motifs is 1. The largest absolute Gasteiger partial charge is 0.495 e. The van der Waals surface area contributed by atoms with Crippen molar-refractivity contribution in [3.63, 3.8) is 0 Å². The zero-order chi connectivity index (χ0) is 26.1. The van der Waals surface area contributed by atoms with E-state index in [4.69, 9.17) is 21.1 Å². The van der Waals surface area contributed by atoms with Gasteiger partial charge in [-0.3, -0.25) is 4.79 Å². The Bertz CT molecular complexity index is 1530. The van der Waals surface area contributed by atoms with Crippen LogP contribution in [0.25, 0.3) is 10.9 Å². The van der Waals surface area contributed by atoms with E-state index < -0.39 is 12.1 Å². The third kappa shape index (κ3) is 5.05. The number of aryl methyl sites for hydroxylation is 1. The lowest BCUT2D eigenvalue weighted by molar-refractivity contribution is 0.178. The highest BCUT2D eigenvalue weighted by Crippen LogP contribution is 2.30. The number of nitrogens with one attached hydrogen (secondary N) is 2. The molecular weight excluding hydrogens is 496 g/mol. The van der Waals surface area contributed by atoms with Crippen LogP contribution in [0.4, 0.5) is 16.7 Å². The van der Waals surface area contributed by atoms with Gasteiger partial charge in [0, 0.05) is 17.0 Å². The number of cyclic esters (lactones) is 1. The van der Waals surface area contributed by atoms with Crippen LogP contribution in [0.3, 0.4) is 0 Å². The van der Waals surface area contributed by atoms with Gasteiger partial charge >= 0.3 is 6.09 Å². The zero-order valence-corrected chi connectivity index (χ0v) is 21.2. The first-order valence-electron chi connectivity index (χ1n) is 11.7. The topological polar surface area (TPSA) is 122 Å². The lowest BCUT2D eigenvalue weighted by Crippen LogP contribution is -2.36. The van der Waals surface area contributed by atoms with Gasteiger partial charge in [0.05, 0.1) is 29.7 Å². The van der Waals surface area contributed by atoms with Crippen LogP contribution in [0, 0.1) is 6.92 Å². The number of pyridine rings is 1. The number of rotatable bonds is 7. The fourth-order valence-corrected chi connectivity index (χ4v) is 4.60. The minimum atomic E-state index is -0.510. The molecule has 2 aromatic heterocycles. The second-order valence-electron chi connectivity index (χ2n) is 8.79. The number of amides is 1. The molecule has 11 heteroatoms. The molecule has 1 saturated heterocycles. The third-order valence-corrected chi connectivity index (χ3v) is 6.48. The number of anilines is 2. The van der Waals surface area contributed by atoms with Gasteiger partial charge in [0.2, 0.25) is 11.9 Å². The highest BCUT2D eigenvalue weighted by Gasteiger charge is 2.36. The smallest absolute Gasteiger partial charge is 0.417 e. The fourth-order valence-electron chi connectivity index (χ4n) is 4.36. The summed E-state index contributed by atoms with van der Waals surface area (Å²) in [5.74, 6) is 1.32. The van der Waals surface area contributed by atoms with Crippen LogP contribution in [-0.4, -0.2) is 45.8 Å². The molecule has 0 spiro atoms. The Hall–Kier alpha value is -4.18. The summed E-state index contributed by atoms with van der Waals surface area (Å²) in [5.41, 5.74) is 1.88. The first-order chi connectivity index (χ1) is 17.8. The number of aromatic amines is 1. The molecule has 37 heavy (non-hydrogen) atoms.